The van der Waals surface area contributed by atoms with Crippen LogP contribution in [0, 0.1) is 5.82 Å². The molecule has 2 aromatic rings. The molecule has 1 aromatic heterocycles. The molecule has 0 aliphatic carbocycles. The van der Waals surface area contributed by atoms with Crippen LogP contribution >= 0.6 is 11.3 Å². The molecule has 6 nitrogen and oxygen atoms in total. The molecule has 8 heteroatoms. The number of carbonyl (C=O) groups excluding carboxylic acids is 1. The fourth-order valence-corrected chi connectivity index (χ4v) is 4.34. The Morgan fingerprint density at radius 2 is 2.03 bits per heavy atom. The van der Waals surface area contributed by atoms with Crippen LogP contribution in [0.25, 0.3) is 0 Å². The Balaban J connectivity index is 1.39. The van der Waals surface area contributed by atoms with Crippen molar-refractivity contribution >= 4 is 23.0 Å². The van der Waals surface area contributed by atoms with Gasteiger partial charge in [0.2, 0.25) is 0 Å². The maximum absolute atomic E-state index is 13.4. The van der Waals surface area contributed by atoms with E-state index in [1.165, 1.54) is 12.1 Å². The van der Waals surface area contributed by atoms with E-state index in [9.17, 15) is 9.18 Å². The standard InChI is InChI=1S/C21H25FN4O2S/c22-17-5-3-16(4-6-17)19-14-18(20-2-1-13-29-20)24-26(19)21(27)15-23-7-8-25-9-11-28-12-10-25/h1-6,13,19,23H,7-12,14-15H2. The Morgan fingerprint density at radius 1 is 1.24 bits per heavy atom. The SMILES string of the molecule is O=C(CNCCN1CCOCC1)N1N=C(c2cccs2)CC1c1ccc(F)cc1. The number of benzene rings is 1. The smallest absolute Gasteiger partial charge is 0.257 e. The van der Waals surface area contributed by atoms with Gasteiger partial charge >= 0.3 is 0 Å². The minimum atomic E-state index is -0.284. The summed E-state index contributed by atoms with van der Waals surface area (Å²) in [7, 11) is 0. The zero-order valence-corrected chi connectivity index (χ0v) is 17.0. The molecule has 1 saturated heterocycles. The lowest BCUT2D eigenvalue weighted by molar-refractivity contribution is -0.132. The number of nitrogens with zero attached hydrogens (tertiary/aromatic N) is 3. The zero-order chi connectivity index (χ0) is 20.1. The summed E-state index contributed by atoms with van der Waals surface area (Å²) in [5.41, 5.74) is 1.79. The Bertz CT molecular complexity index is 835. The first-order chi connectivity index (χ1) is 14.2. The minimum Gasteiger partial charge on any atom is -0.379 e. The van der Waals surface area contributed by atoms with Crippen LogP contribution < -0.4 is 5.32 Å². The highest BCUT2D eigenvalue weighted by Gasteiger charge is 2.33. The number of hydrazone groups is 1. The van der Waals surface area contributed by atoms with Crippen LogP contribution in [-0.4, -0.2) is 67.5 Å². The van der Waals surface area contributed by atoms with Gasteiger partial charge in [-0.1, -0.05) is 18.2 Å². The number of rotatable bonds is 7. The third kappa shape index (κ3) is 5.08. The van der Waals surface area contributed by atoms with Gasteiger partial charge in [-0.15, -0.1) is 11.3 Å². The van der Waals surface area contributed by atoms with Gasteiger partial charge in [0, 0.05) is 32.6 Å². The highest BCUT2D eigenvalue weighted by atomic mass is 32.1. The topological polar surface area (TPSA) is 57.2 Å². The molecular formula is C21H25FN4O2S. The summed E-state index contributed by atoms with van der Waals surface area (Å²) in [6.07, 6.45) is 0.631. The molecule has 1 fully saturated rings. The number of carbonyl (C=O) groups is 1. The van der Waals surface area contributed by atoms with Crippen molar-refractivity contribution in [3.05, 3.63) is 58.0 Å². The van der Waals surface area contributed by atoms with Crippen molar-refractivity contribution in [1.82, 2.24) is 15.2 Å². The molecule has 1 N–H and O–H groups in total. The van der Waals surface area contributed by atoms with E-state index in [-0.39, 0.29) is 24.3 Å². The molecule has 1 unspecified atom stereocenters. The average molecular weight is 417 g/mol. The van der Waals surface area contributed by atoms with Crippen LogP contribution in [-0.2, 0) is 9.53 Å². The summed E-state index contributed by atoms with van der Waals surface area (Å²) < 4.78 is 18.7. The highest BCUT2D eigenvalue weighted by Crippen LogP contribution is 2.33. The lowest BCUT2D eigenvalue weighted by Gasteiger charge is -2.26. The van der Waals surface area contributed by atoms with E-state index in [1.807, 2.05) is 17.5 Å². The van der Waals surface area contributed by atoms with Crippen molar-refractivity contribution in [3.8, 4) is 0 Å². The van der Waals surface area contributed by atoms with Gasteiger partial charge in [0.05, 0.1) is 36.4 Å². The molecule has 0 radical (unpaired) electrons. The van der Waals surface area contributed by atoms with Gasteiger partial charge in [0.25, 0.3) is 5.91 Å². The molecule has 1 aromatic carbocycles. The van der Waals surface area contributed by atoms with Crippen LogP contribution in [0.4, 0.5) is 4.39 Å². The molecule has 1 amide bonds. The van der Waals surface area contributed by atoms with Gasteiger partial charge in [0.15, 0.2) is 0 Å². The van der Waals surface area contributed by atoms with Gasteiger partial charge in [0.1, 0.15) is 5.82 Å². The van der Waals surface area contributed by atoms with Gasteiger partial charge in [-0.05, 0) is 29.1 Å². The molecule has 29 heavy (non-hydrogen) atoms. The van der Waals surface area contributed by atoms with E-state index in [1.54, 1.807) is 28.5 Å². The van der Waals surface area contributed by atoms with Gasteiger partial charge < -0.3 is 10.1 Å². The third-order valence-corrected chi connectivity index (χ3v) is 6.13. The number of ether oxygens (including phenoxy) is 1. The van der Waals surface area contributed by atoms with Crippen LogP contribution in [0.1, 0.15) is 22.9 Å². The Hall–Kier alpha value is -2.13. The first kappa shape index (κ1) is 20.2. The Kier molecular flexibility index (Phi) is 6.66. The van der Waals surface area contributed by atoms with E-state index in [0.717, 1.165) is 55.5 Å². The van der Waals surface area contributed by atoms with Crippen LogP contribution in [0.2, 0.25) is 0 Å². The van der Waals surface area contributed by atoms with Crippen molar-refractivity contribution in [2.24, 2.45) is 5.10 Å². The van der Waals surface area contributed by atoms with Crippen LogP contribution in [0.3, 0.4) is 0 Å². The molecule has 2 aliphatic heterocycles. The minimum absolute atomic E-state index is 0.0761. The number of nitrogens with one attached hydrogen (secondary N) is 1. The van der Waals surface area contributed by atoms with Crippen molar-refractivity contribution in [3.63, 3.8) is 0 Å². The molecular weight excluding hydrogens is 391 g/mol. The fraction of sp³-hybridized carbons (Fsp3) is 0.429. The molecule has 2 aliphatic rings. The Morgan fingerprint density at radius 3 is 2.76 bits per heavy atom. The fourth-order valence-electron chi connectivity index (χ4n) is 3.61. The van der Waals surface area contributed by atoms with E-state index < -0.39 is 0 Å². The number of amides is 1. The zero-order valence-electron chi connectivity index (χ0n) is 16.2. The molecule has 0 bridgehead atoms. The van der Waals surface area contributed by atoms with Crippen molar-refractivity contribution < 1.29 is 13.9 Å². The van der Waals surface area contributed by atoms with Gasteiger partial charge in [-0.2, -0.15) is 5.10 Å². The normalized spacial score (nSPS) is 20.1. The predicted molar refractivity (Wildman–Crippen MR) is 112 cm³/mol. The summed E-state index contributed by atoms with van der Waals surface area (Å²) in [6, 6.07) is 10.1. The second-order valence-corrected chi connectivity index (χ2v) is 8.11. The molecule has 154 valence electrons. The second-order valence-electron chi connectivity index (χ2n) is 7.16. The number of halogens is 1. The maximum Gasteiger partial charge on any atom is 0.257 e. The lowest BCUT2D eigenvalue weighted by atomic mass is 10.0. The van der Waals surface area contributed by atoms with E-state index in [4.69, 9.17) is 4.74 Å². The molecule has 0 spiro atoms. The van der Waals surface area contributed by atoms with Crippen LogP contribution in [0.5, 0.6) is 0 Å². The molecule has 3 heterocycles. The largest absolute Gasteiger partial charge is 0.379 e. The summed E-state index contributed by atoms with van der Waals surface area (Å²) in [5, 5.41) is 11.4. The molecule has 0 saturated carbocycles. The number of morpholine rings is 1. The van der Waals surface area contributed by atoms with E-state index in [2.05, 4.69) is 15.3 Å². The number of thiophene rings is 1. The van der Waals surface area contributed by atoms with Crippen LogP contribution in [0.15, 0.2) is 46.9 Å². The first-order valence-electron chi connectivity index (χ1n) is 9.90. The number of hydrogen-bond acceptors (Lipinski definition) is 6. The molecule has 4 rings (SSSR count). The Labute approximate surface area is 174 Å². The monoisotopic (exact) mass is 416 g/mol. The quantitative estimate of drug-likeness (QED) is 0.705. The molecule has 1 atom stereocenters. The van der Waals surface area contributed by atoms with Crippen molar-refractivity contribution in [2.45, 2.75) is 12.5 Å². The highest BCUT2D eigenvalue weighted by molar-refractivity contribution is 7.12. The van der Waals surface area contributed by atoms with Gasteiger partial charge in [-0.25, -0.2) is 9.40 Å². The summed E-state index contributed by atoms with van der Waals surface area (Å²) in [5.74, 6) is -0.360. The first-order valence-corrected chi connectivity index (χ1v) is 10.8. The van der Waals surface area contributed by atoms with E-state index in [0.29, 0.717) is 6.42 Å². The summed E-state index contributed by atoms with van der Waals surface area (Å²) in [6.45, 7) is 5.26. The van der Waals surface area contributed by atoms with Crippen molar-refractivity contribution in [2.75, 3.05) is 45.9 Å². The number of hydrogen-bond donors (Lipinski definition) is 1. The summed E-state index contributed by atoms with van der Waals surface area (Å²) >= 11 is 1.61. The predicted octanol–water partition coefficient (Wildman–Crippen LogP) is 2.49. The lowest BCUT2D eigenvalue weighted by Crippen LogP contribution is -2.42. The average Bonchev–Trinajstić information content (AvgIpc) is 3.42. The third-order valence-electron chi connectivity index (χ3n) is 5.21. The summed E-state index contributed by atoms with van der Waals surface area (Å²) in [4.78, 5) is 16.3. The van der Waals surface area contributed by atoms with Crippen molar-refractivity contribution in [1.29, 1.82) is 0 Å². The second kappa shape index (κ2) is 9.58. The van der Waals surface area contributed by atoms with Gasteiger partial charge in [-0.3, -0.25) is 9.69 Å². The van der Waals surface area contributed by atoms with E-state index >= 15 is 0 Å². The maximum atomic E-state index is 13.4.